The van der Waals surface area contributed by atoms with E-state index in [-0.39, 0.29) is 25.2 Å². The van der Waals surface area contributed by atoms with E-state index in [2.05, 4.69) is 111 Å². The molecule has 0 aromatic heterocycles. The molecular weight excluding hydrogens is 1030 g/mol. The summed E-state index contributed by atoms with van der Waals surface area (Å²) in [5.74, 6) is -0.573. The fourth-order valence-corrected chi connectivity index (χ4v) is 10.9. The maximum absolute atomic E-state index is 12.4. The number of ether oxygens (including phenoxy) is 2. The Hall–Kier alpha value is -3.18. The van der Waals surface area contributed by atoms with Gasteiger partial charge >= 0.3 is 11.9 Å². The van der Waals surface area contributed by atoms with Crippen LogP contribution in [0.2, 0.25) is 0 Å². The van der Waals surface area contributed by atoms with Crippen LogP contribution >= 0.6 is 0 Å². The monoisotopic (exact) mass is 1170 g/mol. The molecule has 0 radical (unpaired) electrons. The molecule has 0 rings (SSSR count). The highest BCUT2D eigenvalue weighted by Gasteiger charge is 2.16. The Bertz CT molecular complexity index is 1560. The molecule has 5 heteroatoms. The molecule has 5 nitrogen and oxygen atoms in total. The number of carbonyl (C=O) groups is 2. The molecule has 0 fully saturated rings. The Kier molecular flexibility index (Phi) is 71.3. The lowest BCUT2D eigenvalue weighted by molar-refractivity contribution is -0.161. The van der Waals surface area contributed by atoms with E-state index < -0.39 is 6.10 Å². The van der Waals surface area contributed by atoms with Crippen molar-refractivity contribution < 1.29 is 24.2 Å². The van der Waals surface area contributed by atoms with Crippen molar-refractivity contribution in [2.24, 2.45) is 0 Å². The van der Waals surface area contributed by atoms with Gasteiger partial charge in [0.1, 0.15) is 6.61 Å². The van der Waals surface area contributed by atoms with Crippen molar-refractivity contribution in [3.05, 3.63) is 97.2 Å². The highest BCUT2D eigenvalue weighted by molar-refractivity contribution is 5.70. The molecule has 0 saturated heterocycles. The van der Waals surface area contributed by atoms with Gasteiger partial charge in [-0.15, -0.1) is 0 Å². The van der Waals surface area contributed by atoms with Crippen molar-refractivity contribution in [2.75, 3.05) is 13.2 Å². The van der Waals surface area contributed by atoms with E-state index in [0.29, 0.717) is 12.8 Å². The van der Waals surface area contributed by atoms with Crippen LogP contribution in [0, 0.1) is 0 Å². The van der Waals surface area contributed by atoms with Crippen molar-refractivity contribution in [1.82, 2.24) is 0 Å². The van der Waals surface area contributed by atoms with Crippen molar-refractivity contribution in [3.63, 3.8) is 0 Å². The van der Waals surface area contributed by atoms with E-state index in [1.54, 1.807) is 0 Å². The Labute approximate surface area is 523 Å². The summed E-state index contributed by atoms with van der Waals surface area (Å²) in [7, 11) is 0. The zero-order valence-corrected chi connectivity index (χ0v) is 55.9. The predicted octanol–water partition coefficient (Wildman–Crippen LogP) is 25.8. The molecule has 0 bridgehead atoms. The molecule has 0 saturated carbocycles. The lowest BCUT2D eigenvalue weighted by Gasteiger charge is -2.15. The van der Waals surface area contributed by atoms with Crippen LogP contribution in [0.25, 0.3) is 0 Å². The summed E-state index contributed by atoms with van der Waals surface area (Å²) >= 11 is 0. The third-order valence-corrected chi connectivity index (χ3v) is 16.4. The second-order valence-corrected chi connectivity index (χ2v) is 24.6. The molecule has 84 heavy (non-hydrogen) atoms. The summed E-state index contributed by atoms with van der Waals surface area (Å²) in [5.41, 5.74) is 0. The SMILES string of the molecule is CC/C=C\C/C=C\C/C=C\C/C=C\C/C=C\CCCCCCCCCCCCCCCCCCCCCCCCCC(=O)OC(CO)COC(=O)CCCCCCCCCCCCCCCCCC/C=C\C/C=C\C/C=C\CCCCCCC. The van der Waals surface area contributed by atoms with Gasteiger partial charge in [0.2, 0.25) is 0 Å². The molecule has 0 aromatic rings. The summed E-state index contributed by atoms with van der Waals surface area (Å²) in [6, 6.07) is 0. The number of esters is 2. The maximum Gasteiger partial charge on any atom is 0.306 e. The normalized spacial score (nSPS) is 12.8. The molecule has 1 atom stereocenters. The lowest BCUT2D eigenvalue weighted by Crippen LogP contribution is -2.28. The number of hydrogen-bond acceptors (Lipinski definition) is 5. The Balaban J connectivity index is 3.42. The van der Waals surface area contributed by atoms with Gasteiger partial charge in [0.05, 0.1) is 6.61 Å². The number of aliphatic hydroxyl groups excluding tert-OH is 1. The standard InChI is InChI=1S/C79H140O5/c1-3-5-7-9-11-13-15-17-19-21-23-25-27-29-31-33-35-36-37-38-39-40-41-42-44-46-48-50-52-54-56-58-60-62-64-66-68-70-72-74-79(82)84-77(75-80)76-83-78(81)73-71-69-67-65-63-61-59-57-55-53-51-49-47-45-43-34-32-30-28-26-24-22-20-18-16-14-12-10-8-6-4-2/h5,7,11,13,16-19,22-25,28-31,77,80H,3-4,6,8-10,12,14-15,20-21,26-27,32-76H2,1-2H3/b7-5-,13-11-,18-16-,19-17-,24-22-,25-23-,30-28-,31-29-. The average Bonchev–Trinajstić information content (AvgIpc) is 3.51. The highest BCUT2D eigenvalue weighted by atomic mass is 16.6. The van der Waals surface area contributed by atoms with Crippen molar-refractivity contribution in [3.8, 4) is 0 Å². The molecule has 0 aliphatic carbocycles. The minimum atomic E-state index is -0.775. The summed E-state index contributed by atoms with van der Waals surface area (Å²) in [4.78, 5) is 24.7. The van der Waals surface area contributed by atoms with Crippen LogP contribution in [0.4, 0.5) is 0 Å². The van der Waals surface area contributed by atoms with E-state index in [1.807, 2.05) is 0 Å². The quantitative estimate of drug-likeness (QED) is 0.0373. The smallest absolute Gasteiger partial charge is 0.306 e. The predicted molar refractivity (Wildman–Crippen MR) is 371 cm³/mol. The largest absolute Gasteiger partial charge is 0.462 e. The summed E-state index contributed by atoms with van der Waals surface area (Å²) < 4.78 is 10.8. The summed E-state index contributed by atoms with van der Waals surface area (Å²) in [6.07, 6.45) is 106. The number of aliphatic hydroxyl groups is 1. The average molecular weight is 1170 g/mol. The molecule has 486 valence electrons. The molecule has 0 heterocycles. The van der Waals surface area contributed by atoms with Gasteiger partial charge in [-0.25, -0.2) is 0 Å². The van der Waals surface area contributed by atoms with Crippen LogP contribution in [-0.2, 0) is 19.1 Å². The van der Waals surface area contributed by atoms with Gasteiger partial charge in [-0.1, -0.05) is 361 Å². The molecular formula is C79H140O5. The van der Waals surface area contributed by atoms with Gasteiger partial charge in [-0.2, -0.15) is 0 Å². The molecule has 0 aliphatic heterocycles. The summed E-state index contributed by atoms with van der Waals surface area (Å²) in [6.45, 7) is 4.06. The van der Waals surface area contributed by atoms with E-state index in [0.717, 1.165) is 83.5 Å². The lowest BCUT2D eigenvalue weighted by atomic mass is 10.0. The van der Waals surface area contributed by atoms with Crippen LogP contribution in [0.15, 0.2) is 97.2 Å². The van der Waals surface area contributed by atoms with E-state index in [9.17, 15) is 14.7 Å². The summed E-state index contributed by atoms with van der Waals surface area (Å²) in [5, 5.41) is 9.71. The molecule has 0 aromatic carbocycles. The van der Waals surface area contributed by atoms with Crippen LogP contribution < -0.4 is 0 Å². The molecule has 0 aliphatic rings. The fraction of sp³-hybridized carbons (Fsp3) is 0.772. The van der Waals surface area contributed by atoms with Gasteiger partial charge in [0.25, 0.3) is 0 Å². The topological polar surface area (TPSA) is 72.8 Å². The van der Waals surface area contributed by atoms with Crippen molar-refractivity contribution in [2.45, 2.75) is 380 Å². The van der Waals surface area contributed by atoms with Crippen LogP contribution in [0.5, 0.6) is 0 Å². The van der Waals surface area contributed by atoms with Gasteiger partial charge in [0.15, 0.2) is 6.10 Å². The third kappa shape index (κ3) is 71.3. The van der Waals surface area contributed by atoms with Gasteiger partial charge in [-0.05, 0) is 96.3 Å². The number of rotatable bonds is 68. The van der Waals surface area contributed by atoms with Crippen molar-refractivity contribution >= 4 is 11.9 Å². The first-order valence-corrected chi connectivity index (χ1v) is 36.8. The highest BCUT2D eigenvalue weighted by Crippen LogP contribution is 2.18. The second kappa shape index (κ2) is 74.1. The van der Waals surface area contributed by atoms with Crippen LogP contribution in [-0.4, -0.2) is 36.4 Å². The minimum Gasteiger partial charge on any atom is -0.462 e. The number of allylic oxidation sites excluding steroid dienone is 16. The number of unbranched alkanes of at least 4 members (excludes halogenated alkanes) is 44. The number of hydrogen-bond donors (Lipinski definition) is 1. The first kappa shape index (κ1) is 80.8. The minimum absolute atomic E-state index is 0.0638. The molecule has 1 N–H and O–H groups in total. The zero-order valence-electron chi connectivity index (χ0n) is 55.9. The van der Waals surface area contributed by atoms with E-state index in [4.69, 9.17) is 9.47 Å². The third-order valence-electron chi connectivity index (χ3n) is 16.4. The molecule has 1 unspecified atom stereocenters. The second-order valence-electron chi connectivity index (χ2n) is 24.6. The molecule has 0 spiro atoms. The Morgan fingerprint density at radius 1 is 0.286 bits per heavy atom. The maximum atomic E-state index is 12.4. The van der Waals surface area contributed by atoms with Crippen LogP contribution in [0.1, 0.15) is 373 Å². The first-order valence-electron chi connectivity index (χ1n) is 36.8. The van der Waals surface area contributed by atoms with Crippen LogP contribution in [0.3, 0.4) is 0 Å². The zero-order chi connectivity index (χ0) is 60.5. The van der Waals surface area contributed by atoms with Gasteiger partial charge < -0.3 is 14.6 Å². The Morgan fingerprint density at radius 3 is 0.774 bits per heavy atom. The molecule has 0 amide bonds. The van der Waals surface area contributed by atoms with Gasteiger partial charge in [0, 0.05) is 12.8 Å². The van der Waals surface area contributed by atoms with E-state index >= 15 is 0 Å². The van der Waals surface area contributed by atoms with E-state index in [1.165, 1.54) is 263 Å². The Morgan fingerprint density at radius 2 is 0.512 bits per heavy atom. The fourth-order valence-electron chi connectivity index (χ4n) is 10.9. The van der Waals surface area contributed by atoms with Crippen molar-refractivity contribution in [1.29, 1.82) is 0 Å². The number of carbonyl (C=O) groups excluding carboxylic acids is 2. The first-order chi connectivity index (χ1) is 41.6. The van der Waals surface area contributed by atoms with Gasteiger partial charge in [-0.3, -0.25) is 9.59 Å².